The van der Waals surface area contributed by atoms with E-state index in [1.807, 2.05) is 0 Å². The van der Waals surface area contributed by atoms with Crippen molar-refractivity contribution in [3.8, 4) is 0 Å². The SMILES string of the molecule is CC[C@H]1O[C@@H](C)C[C@H]1OC. The fourth-order valence-corrected chi connectivity index (χ4v) is 1.53. The van der Waals surface area contributed by atoms with Crippen molar-refractivity contribution in [2.45, 2.75) is 45.0 Å². The third-order valence-electron chi connectivity index (χ3n) is 2.09. The predicted molar refractivity (Wildman–Crippen MR) is 40.0 cm³/mol. The average Bonchev–Trinajstić information content (AvgIpc) is 2.30. The summed E-state index contributed by atoms with van der Waals surface area (Å²) >= 11 is 0. The van der Waals surface area contributed by atoms with Crippen LogP contribution in [0.25, 0.3) is 0 Å². The Morgan fingerprint density at radius 1 is 1.60 bits per heavy atom. The number of rotatable bonds is 2. The molecule has 2 heteroatoms. The highest BCUT2D eigenvalue weighted by Crippen LogP contribution is 2.24. The second kappa shape index (κ2) is 3.35. The minimum Gasteiger partial charge on any atom is -0.379 e. The first-order valence-electron chi connectivity index (χ1n) is 3.96. The molecule has 0 bridgehead atoms. The molecule has 1 saturated heterocycles. The molecule has 3 atom stereocenters. The first kappa shape index (κ1) is 8.02. The van der Waals surface area contributed by atoms with Gasteiger partial charge in [-0.3, -0.25) is 0 Å². The summed E-state index contributed by atoms with van der Waals surface area (Å²) < 4.78 is 10.8. The van der Waals surface area contributed by atoms with E-state index in [4.69, 9.17) is 9.47 Å². The first-order chi connectivity index (χ1) is 4.77. The van der Waals surface area contributed by atoms with Gasteiger partial charge in [0.25, 0.3) is 0 Å². The van der Waals surface area contributed by atoms with Crippen LogP contribution in [0.3, 0.4) is 0 Å². The molecule has 0 amide bonds. The molecule has 0 radical (unpaired) electrons. The Labute approximate surface area is 62.5 Å². The molecule has 60 valence electrons. The quantitative estimate of drug-likeness (QED) is 0.586. The van der Waals surface area contributed by atoms with E-state index in [1.165, 1.54) is 0 Å². The molecule has 2 nitrogen and oxygen atoms in total. The molecule has 1 aliphatic heterocycles. The Balaban J connectivity index is 2.41. The van der Waals surface area contributed by atoms with Crippen LogP contribution in [0.1, 0.15) is 26.7 Å². The summed E-state index contributed by atoms with van der Waals surface area (Å²) in [5.74, 6) is 0. The van der Waals surface area contributed by atoms with Crippen LogP contribution in [0, 0.1) is 0 Å². The van der Waals surface area contributed by atoms with E-state index in [0.717, 1.165) is 12.8 Å². The van der Waals surface area contributed by atoms with E-state index in [2.05, 4.69) is 13.8 Å². The highest BCUT2D eigenvalue weighted by atomic mass is 16.6. The molecule has 0 aliphatic carbocycles. The Hall–Kier alpha value is -0.0800. The van der Waals surface area contributed by atoms with E-state index in [9.17, 15) is 0 Å². The van der Waals surface area contributed by atoms with Gasteiger partial charge in [0.1, 0.15) is 0 Å². The van der Waals surface area contributed by atoms with Gasteiger partial charge in [-0.15, -0.1) is 0 Å². The van der Waals surface area contributed by atoms with Gasteiger partial charge in [0.05, 0.1) is 18.3 Å². The van der Waals surface area contributed by atoms with Crippen molar-refractivity contribution in [1.29, 1.82) is 0 Å². The largest absolute Gasteiger partial charge is 0.379 e. The highest BCUT2D eigenvalue weighted by Gasteiger charge is 2.31. The van der Waals surface area contributed by atoms with Crippen molar-refractivity contribution in [2.75, 3.05) is 7.11 Å². The maximum Gasteiger partial charge on any atom is 0.0857 e. The molecule has 1 fully saturated rings. The second-order valence-electron chi connectivity index (χ2n) is 2.90. The maximum absolute atomic E-state index is 5.59. The van der Waals surface area contributed by atoms with Crippen LogP contribution in [0.5, 0.6) is 0 Å². The lowest BCUT2D eigenvalue weighted by Gasteiger charge is -2.13. The Bertz CT molecular complexity index is 91.4. The van der Waals surface area contributed by atoms with Crippen molar-refractivity contribution in [2.24, 2.45) is 0 Å². The van der Waals surface area contributed by atoms with Gasteiger partial charge in [-0.25, -0.2) is 0 Å². The monoisotopic (exact) mass is 144 g/mol. The minimum absolute atomic E-state index is 0.333. The summed E-state index contributed by atoms with van der Waals surface area (Å²) in [5, 5.41) is 0. The van der Waals surface area contributed by atoms with Crippen LogP contribution in [-0.4, -0.2) is 25.4 Å². The smallest absolute Gasteiger partial charge is 0.0857 e. The molecule has 0 aromatic heterocycles. The number of hydrogen-bond acceptors (Lipinski definition) is 2. The Morgan fingerprint density at radius 3 is 2.70 bits per heavy atom. The van der Waals surface area contributed by atoms with Gasteiger partial charge in [-0.1, -0.05) is 6.92 Å². The molecular weight excluding hydrogens is 128 g/mol. The zero-order valence-corrected chi connectivity index (χ0v) is 6.96. The van der Waals surface area contributed by atoms with Crippen molar-refractivity contribution in [3.05, 3.63) is 0 Å². The van der Waals surface area contributed by atoms with Gasteiger partial charge in [0.2, 0.25) is 0 Å². The molecule has 0 N–H and O–H groups in total. The van der Waals surface area contributed by atoms with Crippen LogP contribution in [-0.2, 0) is 9.47 Å². The van der Waals surface area contributed by atoms with Gasteiger partial charge in [-0.2, -0.15) is 0 Å². The standard InChI is InChI=1S/C8H16O2/c1-4-7-8(9-3)5-6(2)10-7/h6-8H,4-5H2,1-3H3/t6-,7+,8+/m0/s1. The summed E-state index contributed by atoms with van der Waals surface area (Å²) in [5.41, 5.74) is 0. The molecular formula is C8H16O2. The summed E-state index contributed by atoms with van der Waals surface area (Å²) in [7, 11) is 1.76. The molecule has 0 aromatic rings. The van der Waals surface area contributed by atoms with Crippen LogP contribution in [0.2, 0.25) is 0 Å². The lowest BCUT2D eigenvalue weighted by molar-refractivity contribution is -0.00251. The summed E-state index contributed by atoms with van der Waals surface area (Å²) in [6, 6.07) is 0. The Kier molecular flexibility index (Phi) is 2.69. The van der Waals surface area contributed by atoms with Gasteiger partial charge < -0.3 is 9.47 Å². The molecule has 1 heterocycles. The van der Waals surface area contributed by atoms with Crippen LogP contribution in [0.4, 0.5) is 0 Å². The first-order valence-corrected chi connectivity index (χ1v) is 3.96. The van der Waals surface area contributed by atoms with Crippen LogP contribution >= 0.6 is 0 Å². The zero-order chi connectivity index (χ0) is 7.56. The van der Waals surface area contributed by atoms with Crippen LogP contribution in [0.15, 0.2) is 0 Å². The molecule has 0 saturated carbocycles. The fraction of sp³-hybridized carbons (Fsp3) is 1.00. The molecule has 0 spiro atoms. The van der Waals surface area contributed by atoms with Crippen molar-refractivity contribution >= 4 is 0 Å². The van der Waals surface area contributed by atoms with E-state index >= 15 is 0 Å². The van der Waals surface area contributed by atoms with Gasteiger partial charge in [-0.05, 0) is 13.3 Å². The van der Waals surface area contributed by atoms with E-state index < -0.39 is 0 Å². The second-order valence-corrected chi connectivity index (χ2v) is 2.90. The van der Waals surface area contributed by atoms with Crippen molar-refractivity contribution < 1.29 is 9.47 Å². The Morgan fingerprint density at radius 2 is 2.30 bits per heavy atom. The summed E-state index contributed by atoms with van der Waals surface area (Å²) in [6.45, 7) is 4.23. The van der Waals surface area contributed by atoms with Gasteiger partial charge >= 0.3 is 0 Å². The third-order valence-corrected chi connectivity index (χ3v) is 2.09. The zero-order valence-electron chi connectivity index (χ0n) is 6.96. The average molecular weight is 144 g/mol. The molecule has 0 unspecified atom stereocenters. The molecule has 1 aliphatic rings. The normalized spacial score (nSPS) is 40.5. The predicted octanol–water partition coefficient (Wildman–Crippen LogP) is 1.59. The number of ether oxygens (including phenoxy) is 2. The van der Waals surface area contributed by atoms with Crippen molar-refractivity contribution in [3.63, 3.8) is 0 Å². The summed E-state index contributed by atoms with van der Waals surface area (Å²) in [6.07, 6.45) is 3.16. The van der Waals surface area contributed by atoms with E-state index in [0.29, 0.717) is 18.3 Å². The number of methoxy groups -OCH3 is 1. The van der Waals surface area contributed by atoms with Crippen molar-refractivity contribution in [1.82, 2.24) is 0 Å². The van der Waals surface area contributed by atoms with E-state index in [1.54, 1.807) is 7.11 Å². The molecule has 1 rings (SSSR count). The van der Waals surface area contributed by atoms with E-state index in [-0.39, 0.29) is 0 Å². The number of hydrogen-bond donors (Lipinski definition) is 0. The van der Waals surface area contributed by atoms with Crippen LogP contribution < -0.4 is 0 Å². The lowest BCUT2D eigenvalue weighted by Crippen LogP contribution is -2.21. The van der Waals surface area contributed by atoms with Gasteiger partial charge in [0.15, 0.2) is 0 Å². The topological polar surface area (TPSA) is 18.5 Å². The fourth-order valence-electron chi connectivity index (χ4n) is 1.53. The molecule has 10 heavy (non-hydrogen) atoms. The highest BCUT2D eigenvalue weighted by molar-refractivity contribution is 4.79. The maximum atomic E-state index is 5.59. The molecule has 0 aromatic carbocycles. The van der Waals surface area contributed by atoms with Gasteiger partial charge in [0, 0.05) is 13.5 Å². The summed E-state index contributed by atoms with van der Waals surface area (Å²) in [4.78, 5) is 0. The lowest BCUT2D eigenvalue weighted by atomic mass is 10.1. The third kappa shape index (κ3) is 1.50. The minimum atomic E-state index is 0.333.